The fourth-order valence-electron chi connectivity index (χ4n) is 1.37. The predicted molar refractivity (Wildman–Crippen MR) is 55.0 cm³/mol. The van der Waals surface area contributed by atoms with Crippen LogP contribution in [0.25, 0.3) is 11.0 Å². The van der Waals surface area contributed by atoms with Crippen LogP contribution in [0.5, 0.6) is 0 Å². The molecule has 0 fully saturated rings. The lowest BCUT2D eigenvalue weighted by atomic mass is 10.1. The van der Waals surface area contributed by atoms with E-state index in [1.165, 1.54) is 0 Å². The van der Waals surface area contributed by atoms with Crippen LogP contribution in [0.1, 0.15) is 12.1 Å². The van der Waals surface area contributed by atoms with Gasteiger partial charge in [-0.25, -0.2) is 0 Å². The van der Waals surface area contributed by atoms with Crippen LogP contribution < -0.4 is 0 Å². The number of carboxylic acid groups (broad SMARTS) is 1. The van der Waals surface area contributed by atoms with Gasteiger partial charge in [0.15, 0.2) is 5.58 Å². The molecule has 15 heavy (non-hydrogen) atoms. The van der Waals surface area contributed by atoms with E-state index in [1.54, 1.807) is 18.2 Å². The van der Waals surface area contributed by atoms with E-state index in [-0.39, 0.29) is 6.42 Å². The van der Waals surface area contributed by atoms with Gasteiger partial charge in [-0.15, -0.1) is 0 Å². The van der Waals surface area contributed by atoms with Crippen molar-refractivity contribution in [3.8, 4) is 0 Å². The second-order valence-corrected chi connectivity index (χ2v) is 3.60. The minimum Gasteiger partial charge on any atom is -0.481 e. The SMILES string of the molecule is O=C(O)CCc1noc2ccc(Cl)cc12. The Hall–Kier alpha value is -1.55. The normalized spacial score (nSPS) is 10.7. The monoisotopic (exact) mass is 225 g/mol. The van der Waals surface area contributed by atoms with Crippen molar-refractivity contribution in [2.24, 2.45) is 0 Å². The largest absolute Gasteiger partial charge is 0.481 e. The van der Waals surface area contributed by atoms with E-state index >= 15 is 0 Å². The molecule has 1 aromatic carbocycles. The number of aliphatic carboxylic acids is 1. The second kappa shape index (κ2) is 3.90. The fourth-order valence-corrected chi connectivity index (χ4v) is 1.54. The van der Waals surface area contributed by atoms with E-state index in [1.807, 2.05) is 0 Å². The summed E-state index contributed by atoms with van der Waals surface area (Å²) in [5, 5.41) is 13.7. The van der Waals surface area contributed by atoms with Gasteiger partial charge in [0.05, 0.1) is 12.1 Å². The number of carboxylic acids is 1. The minimum absolute atomic E-state index is 0.0359. The highest BCUT2D eigenvalue weighted by Gasteiger charge is 2.09. The number of hydrogen-bond acceptors (Lipinski definition) is 3. The average molecular weight is 226 g/mol. The molecule has 0 aliphatic rings. The van der Waals surface area contributed by atoms with Gasteiger partial charge in [0, 0.05) is 16.8 Å². The van der Waals surface area contributed by atoms with Crippen molar-refractivity contribution in [3.05, 3.63) is 28.9 Å². The van der Waals surface area contributed by atoms with Crippen molar-refractivity contribution in [1.29, 1.82) is 0 Å². The molecule has 0 radical (unpaired) electrons. The molecule has 0 aliphatic carbocycles. The van der Waals surface area contributed by atoms with Crippen molar-refractivity contribution in [3.63, 3.8) is 0 Å². The Kier molecular flexibility index (Phi) is 2.60. The number of carbonyl (C=O) groups is 1. The molecule has 2 rings (SSSR count). The van der Waals surface area contributed by atoms with Crippen LogP contribution in [0.4, 0.5) is 0 Å². The van der Waals surface area contributed by atoms with E-state index in [4.69, 9.17) is 21.2 Å². The van der Waals surface area contributed by atoms with Crippen LogP contribution >= 0.6 is 11.6 Å². The number of fused-ring (bicyclic) bond motifs is 1. The molecule has 1 heterocycles. The molecule has 1 aromatic heterocycles. The second-order valence-electron chi connectivity index (χ2n) is 3.16. The number of aromatic nitrogens is 1. The molecule has 0 saturated carbocycles. The summed E-state index contributed by atoms with van der Waals surface area (Å²) in [4.78, 5) is 10.4. The molecule has 5 heteroatoms. The summed E-state index contributed by atoms with van der Waals surface area (Å²) >= 11 is 5.82. The van der Waals surface area contributed by atoms with E-state index < -0.39 is 5.97 Å². The van der Waals surface area contributed by atoms with Crippen LogP contribution in [0.2, 0.25) is 5.02 Å². The summed E-state index contributed by atoms with van der Waals surface area (Å²) < 4.78 is 5.03. The van der Waals surface area contributed by atoms with Crippen LogP contribution in [0.3, 0.4) is 0 Å². The van der Waals surface area contributed by atoms with Crippen molar-refractivity contribution in [2.75, 3.05) is 0 Å². The molecule has 2 aromatic rings. The minimum atomic E-state index is -0.854. The van der Waals surface area contributed by atoms with Crippen LogP contribution in [-0.2, 0) is 11.2 Å². The average Bonchev–Trinajstić information content (AvgIpc) is 2.57. The maximum atomic E-state index is 10.4. The molecular formula is C10H8ClNO3. The number of benzene rings is 1. The van der Waals surface area contributed by atoms with E-state index in [2.05, 4.69) is 5.16 Å². The Morgan fingerprint density at radius 1 is 1.53 bits per heavy atom. The van der Waals surface area contributed by atoms with Gasteiger partial charge in [-0.1, -0.05) is 16.8 Å². The van der Waals surface area contributed by atoms with Crippen molar-refractivity contribution < 1.29 is 14.4 Å². The Balaban J connectivity index is 2.35. The third kappa shape index (κ3) is 2.10. The maximum Gasteiger partial charge on any atom is 0.303 e. The van der Waals surface area contributed by atoms with Crippen LogP contribution in [0, 0.1) is 0 Å². The van der Waals surface area contributed by atoms with Crippen molar-refractivity contribution in [2.45, 2.75) is 12.8 Å². The summed E-state index contributed by atoms with van der Waals surface area (Å²) in [6.45, 7) is 0. The molecule has 0 unspecified atom stereocenters. The van der Waals surface area contributed by atoms with Crippen molar-refractivity contribution >= 4 is 28.5 Å². The van der Waals surface area contributed by atoms with Gasteiger partial charge >= 0.3 is 5.97 Å². The van der Waals surface area contributed by atoms with Crippen LogP contribution in [-0.4, -0.2) is 16.2 Å². The molecule has 1 N–H and O–H groups in total. The first-order chi connectivity index (χ1) is 7.16. The summed E-state index contributed by atoms with van der Waals surface area (Å²) in [6.07, 6.45) is 0.386. The van der Waals surface area contributed by atoms with Gasteiger partial charge in [0.2, 0.25) is 0 Å². The number of rotatable bonds is 3. The zero-order valence-corrected chi connectivity index (χ0v) is 8.49. The maximum absolute atomic E-state index is 10.4. The first-order valence-electron chi connectivity index (χ1n) is 4.42. The molecule has 0 amide bonds. The Bertz CT molecular complexity index is 506. The van der Waals surface area contributed by atoms with E-state index in [0.29, 0.717) is 22.7 Å². The first kappa shape index (κ1) is 9.98. The van der Waals surface area contributed by atoms with Gasteiger partial charge in [-0.3, -0.25) is 4.79 Å². The van der Waals surface area contributed by atoms with Gasteiger partial charge < -0.3 is 9.63 Å². The van der Waals surface area contributed by atoms with E-state index in [9.17, 15) is 4.79 Å². The Labute approximate surface area is 90.4 Å². The Morgan fingerprint density at radius 3 is 3.07 bits per heavy atom. The molecular weight excluding hydrogens is 218 g/mol. The fraction of sp³-hybridized carbons (Fsp3) is 0.200. The molecule has 0 saturated heterocycles. The highest BCUT2D eigenvalue weighted by molar-refractivity contribution is 6.31. The molecule has 78 valence electrons. The molecule has 0 atom stereocenters. The summed E-state index contributed by atoms with van der Waals surface area (Å²) in [5.41, 5.74) is 1.26. The smallest absolute Gasteiger partial charge is 0.303 e. The zero-order chi connectivity index (χ0) is 10.8. The van der Waals surface area contributed by atoms with Gasteiger partial charge in [-0.05, 0) is 18.2 Å². The van der Waals surface area contributed by atoms with E-state index in [0.717, 1.165) is 5.39 Å². The number of halogens is 1. The summed E-state index contributed by atoms with van der Waals surface area (Å²) in [5.74, 6) is -0.854. The topological polar surface area (TPSA) is 63.3 Å². The van der Waals surface area contributed by atoms with Gasteiger partial charge in [0.1, 0.15) is 0 Å². The molecule has 4 nitrogen and oxygen atoms in total. The molecule has 0 spiro atoms. The van der Waals surface area contributed by atoms with Crippen molar-refractivity contribution in [1.82, 2.24) is 5.16 Å². The third-order valence-electron chi connectivity index (χ3n) is 2.08. The van der Waals surface area contributed by atoms with Gasteiger partial charge in [0.25, 0.3) is 0 Å². The third-order valence-corrected chi connectivity index (χ3v) is 2.32. The summed E-state index contributed by atoms with van der Waals surface area (Å²) in [6, 6.07) is 5.15. The van der Waals surface area contributed by atoms with Gasteiger partial charge in [-0.2, -0.15) is 0 Å². The number of hydrogen-bond donors (Lipinski definition) is 1. The first-order valence-corrected chi connectivity index (χ1v) is 4.80. The highest BCUT2D eigenvalue weighted by atomic mass is 35.5. The standard InChI is InChI=1S/C10H8ClNO3/c11-6-1-3-9-7(5-6)8(12-15-9)2-4-10(13)14/h1,3,5H,2,4H2,(H,13,14). The summed E-state index contributed by atoms with van der Waals surface area (Å²) in [7, 11) is 0. The number of aryl methyl sites for hydroxylation is 1. The lowest BCUT2D eigenvalue weighted by molar-refractivity contribution is -0.136. The zero-order valence-electron chi connectivity index (χ0n) is 7.74. The molecule has 0 bridgehead atoms. The number of nitrogens with zero attached hydrogens (tertiary/aromatic N) is 1. The Morgan fingerprint density at radius 2 is 2.33 bits per heavy atom. The molecule has 0 aliphatic heterocycles. The lowest BCUT2D eigenvalue weighted by Gasteiger charge is -1.93. The lowest BCUT2D eigenvalue weighted by Crippen LogP contribution is -1.97. The highest BCUT2D eigenvalue weighted by Crippen LogP contribution is 2.23. The quantitative estimate of drug-likeness (QED) is 0.872. The predicted octanol–water partition coefficient (Wildman–Crippen LogP) is 2.50. The van der Waals surface area contributed by atoms with Crippen LogP contribution in [0.15, 0.2) is 22.7 Å².